The first-order chi connectivity index (χ1) is 10.4. The van der Waals surface area contributed by atoms with Crippen LogP contribution in [0.1, 0.15) is 35.6 Å². The lowest BCUT2D eigenvalue weighted by Gasteiger charge is -2.18. The largest absolute Gasteiger partial charge is 0.491 e. The minimum Gasteiger partial charge on any atom is -0.491 e. The highest BCUT2D eigenvalue weighted by Crippen LogP contribution is 2.27. The van der Waals surface area contributed by atoms with Crippen LogP contribution in [0.3, 0.4) is 0 Å². The molecule has 0 atom stereocenters. The third-order valence-electron chi connectivity index (χ3n) is 2.80. The van der Waals surface area contributed by atoms with Crippen LogP contribution >= 0.6 is 11.5 Å². The normalized spacial score (nSPS) is 11.0. The van der Waals surface area contributed by atoms with Gasteiger partial charge >= 0.3 is 0 Å². The highest BCUT2D eigenvalue weighted by Gasteiger charge is 2.26. The third-order valence-corrected chi connectivity index (χ3v) is 3.53. The van der Waals surface area contributed by atoms with Crippen molar-refractivity contribution in [2.45, 2.75) is 26.4 Å². The molecule has 0 saturated heterocycles. The zero-order chi connectivity index (χ0) is 16.3. The number of rotatable bonds is 5. The number of benzene rings is 1. The van der Waals surface area contributed by atoms with Crippen LogP contribution in [0.25, 0.3) is 0 Å². The molecular formula is C14H15F2N3O2S. The molecule has 0 aliphatic rings. The molecule has 0 N–H and O–H groups in total. The van der Waals surface area contributed by atoms with Crippen molar-refractivity contribution in [3.8, 4) is 5.75 Å². The highest BCUT2D eigenvalue weighted by molar-refractivity contribution is 7.08. The summed E-state index contributed by atoms with van der Waals surface area (Å²) in [7, 11) is 1.51. The number of carbonyl (C=O) groups excluding carboxylic acids is 1. The van der Waals surface area contributed by atoms with E-state index < -0.39 is 18.0 Å². The molecule has 0 aliphatic carbocycles. The van der Waals surface area contributed by atoms with Gasteiger partial charge in [0.25, 0.3) is 12.3 Å². The van der Waals surface area contributed by atoms with Crippen molar-refractivity contribution in [3.63, 3.8) is 0 Å². The van der Waals surface area contributed by atoms with Crippen LogP contribution < -0.4 is 9.64 Å². The maximum Gasteiger partial charge on any atom is 0.283 e. The summed E-state index contributed by atoms with van der Waals surface area (Å²) in [5.74, 6) is 0.0238. The van der Waals surface area contributed by atoms with E-state index in [9.17, 15) is 13.6 Å². The Labute approximate surface area is 130 Å². The van der Waals surface area contributed by atoms with Crippen molar-refractivity contribution in [1.82, 2.24) is 9.59 Å². The number of aromatic nitrogens is 2. The van der Waals surface area contributed by atoms with Crippen LogP contribution in [-0.2, 0) is 0 Å². The summed E-state index contributed by atoms with van der Waals surface area (Å²) in [6.07, 6.45) is -2.84. The SMILES string of the molecule is CC(C)Oc1cccc(N(C)C(=O)c2snnc2C(F)F)c1. The van der Waals surface area contributed by atoms with Crippen LogP contribution in [0, 0.1) is 0 Å². The zero-order valence-corrected chi connectivity index (χ0v) is 13.1. The molecular weight excluding hydrogens is 312 g/mol. The second-order valence-corrected chi connectivity index (χ2v) is 5.57. The van der Waals surface area contributed by atoms with E-state index in [0.29, 0.717) is 23.0 Å². The van der Waals surface area contributed by atoms with Gasteiger partial charge in [-0.1, -0.05) is 10.6 Å². The van der Waals surface area contributed by atoms with E-state index >= 15 is 0 Å². The molecule has 1 aromatic carbocycles. The Morgan fingerprint density at radius 1 is 1.36 bits per heavy atom. The number of amides is 1. The lowest BCUT2D eigenvalue weighted by atomic mass is 10.2. The Morgan fingerprint density at radius 2 is 2.09 bits per heavy atom. The van der Waals surface area contributed by atoms with Crippen LogP contribution in [0.2, 0.25) is 0 Å². The van der Waals surface area contributed by atoms with Gasteiger partial charge in [0.15, 0.2) is 5.69 Å². The first-order valence-corrected chi connectivity index (χ1v) is 7.32. The molecule has 1 amide bonds. The van der Waals surface area contributed by atoms with Gasteiger partial charge in [-0.15, -0.1) is 5.10 Å². The number of nitrogens with zero attached hydrogens (tertiary/aromatic N) is 3. The van der Waals surface area contributed by atoms with Crippen molar-refractivity contribution in [2.24, 2.45) is 0 Å². The first-order valence-electron chi connectivity index (χ1n) is 6.55. The molecule has 0 aliphatic heterocycles. The third kappa shape index (κ3) is 3.56. The highest BCUT2D eigenvalue weighted by atomic mass is 32.1. The predicted molar refractivity (Wildman–Crippen MR) is 79.8 cm³/mol. The molecule has 0 bridgehead atoms. The molecule has 1 heterocycles. The van der Waals surface area contributed by atoms with Gasteiger partial charge in [0.05, 0.1) is 6.10 Å². The lowest BCUT2D eigenvalue weighted by Crippen LogP contribution is -2.26. The van der Waals surface area contributed by atoms with Crippen LogP contribution in [-0.4, -0.2) is 28.6 Å². The van der Waals surface area contributed by atoms with E-state index in [0.717, 1.165) is 0 Å². The van der Waals surface area contributed by atoms with Crippen molar-refractivity contribution in [2.75, 3.05) is 11.9 Å². The topological polar surface area (TPSA) is 55.3 Å². The van der Waals surface area contributed by atoms with E-state index in [1.807, 2.05) is 13.8 Å². The quantitative estimate of drug-likeness (QED) is 0.843. The fourth-order valence-electron chi connectivity index (χ4n) is 1.80. The second kappa shape index (κ2) is 6.78. The molecule has 0 spiro atoms. The van der Waals surface area contributed by atoms with E-state index in [2.05, 4.69) is 9.59 Å². The average molecular weight is 327 g/mol. The minimum absolute atomic E-state index is 0.00705. The smallest absolute Gasteiger partial charge is 0.283 e. The molecule has 0 radical (unpaired) electrons. The molecule has 0 saturated carbocycles. The van der Waals surface area contributed by atoms with E-state index in [1.165, 1.54) is 11.9 Å². The monoisotopic (exact) mass is 327 g/mol. The van der Waals surface area contributed by atoms with Gasteiger partial charge in [0.2, 0.25) is 0 Å². The number of hydrogen-bond donors (Lipinski definition) is 0. The summed E-state index contributed by atoms with van der Waals surface area (Å²) in [6, 6.07) is 6.87. The fraction of sp³-hybridized carbons (Fsp3) is 0.357. The molecule has 2 rings (SSSR count). The minimum atomic E-state index is -2.83. The van der Waals surface area contributed by atoms with E-state index in [-0.39, 0.29) is 11.0 Å². The fourth-order valence-corrected chi connectivity index (χ4v) is 2.44. The van der Waals surface area contributed by atoms with Crippen molar-refractivity contribution < 1.29 is 18.3 Å². The van der Waals surface area contributed by atoms with Gasteiger partial charge in [0.1, 0.15) is 10.6 Å². The van der Waals surface area contributed by atoms with Gasteiger partial charge in [-0.25, -0.2) is 8.78 Å². The molecule has 5 nitrogen and oxygen atoms in total. The second-order valence-electron chi connectivity index (χ2n) is 4.82. The summed E-state index contributed by atoms with van der Waals surface area (Å²) in [4.78, 5) is 13.5. The van der Waals surface area contributed by atoms with Crippen molar-refractivity contribution in [3.05, 3.63) is 34.8 Å². The number of ether oxygens (including phenoxy) is 1. The molecule has 0 unspecified atom stereocenters. The summed E-state index contributed by atoms with van der Waals surface area (Å²) >= 11 is 0.660. The zero-order valence-electron chi connectivity index (χ0n) is 12.3. The summed E-state index contributed by atoms with van der Waals surface area (Å²) in [5, 5.41) is 3.32. The Bertz CT molecular complexity index is 661. The average Bonchev–Trinajstić information content (AvgIpc) is 2.95. The van der Waals surface area contributed by atoms with Gasteiger partial charge in [-0.2, -0.15) is 0 Å². The number of carbonyl (C=O) groups is 1. The Kier molecular flexibility index (Phi) is 5.02. The van der Waals surface area contributed by atoms with Gasteiger partial charge in [-0.3, -0.25) is 4.79 Å². The maximum atomic E-state index is 12.8. The molecule has 22 heavy (non-hydrogen) atoms. The standard InChI is InChI=1S/C14H15F2N3O2S/c1-8(2)21-10-6-4-5-9(7-10)19(3)14(20)12-11(13(15)16)17-18-22-12/h4-8,13H,1-3H3. The molecule has 118 valence electrons. The van der Waals surface area contributed by atoms with Crippen molar-refractivity contribution in [1.29, 1.82) is 0 Å². The molecule has 8 heteroatoms. The first kappa shape index (κ1) is 16.3. The molecule has 1 aromatic heterocycles. The number of anilines is 1. The van der Waals surface area contributed by atoms with Crippen LogP contribution in [0.15, 0.2) is 24.3 Å². The molecule has 2 aromatic rings. The summed E-state index contributed by atoms with van der Waals surface area (Å²) < 4.78 is 34.6. The number of alkyl halides is 2. The summed E-state index contributed by atoms with van der Waals surface area (Å²) in [6.45, 7) is 3.78. The maximum absolute atomic E-state index is 12.8. The molecule has 0 fully saturated rings. The van der Waals surface area contributed by atoms with Crippen molar-refractivity contribution >= 4 is 23.1 Å². The Hall–Kier alpha value is -2.09. The van der Waals surface area contributed by atoms with Gasteiger partial charge in [0, 0.05) is 18.8 Å². The number of hydrogen-bond acceptors (Lipinski definition) is 5. The van der Waals surface area contributed by atoms with Gasteiger partial charge < -0.3 is 9.64 Å². The summed E-state index contributed by atoms with van der Waals surface area (Å²) in [5.41, 5.74) is -0.0480. The van der Waals surface area contributed by atoms with E-state index in [4.69, 9.17) is 4.74 Å². The van der Waals surface area contributed by atoms with Crippen LogP contribution in [0.4, 0.5) is 14.5 Å². The van der Waals surface area contributed by atoms with Crippen LogP contribution in [0.5, 0.6) is 5.75 Å². The lowest BCUT2D eigenvalue weighted by molar-refractivity contribution is 0.0981. The number of halogens is 2. The predicted octanol–water partition coefficient (Wildman–Crippen LogP) is 3.54. The Morgan fingerprint density at radius 3 is 2.73 bits per heavy atom. The Balaban J connectivity index is 2.25. The van der Waals surface area contributed by atoms with E-state index in [1.54, 1.807) is 24.3 Å². The van der Waals surface area contributed by atoms with Gasteiger partial charge in [-0.05, 0) is 37.5 Å².